The molecule has 2 N–H and O–H groups in total. The maximum absolute atomic E-state index is 11.0. The Morgan fingerprint density at radius 2 is 1.52 bits per heavy atom. The molecule has 0 spiro atoms. The van der Waals surface area contributed by atoms with E-state index in [1.165, 1.54) is 57.8 Å². The number of hydrogen-bond acceptors (Lipinski definition) is 2. The normalized spacial score (nSPS) is 22.3. The average molecular weight is 348 g/mol. The Bertz CT molecular complexity index is 291. The number of carboxylic acid groups (broad SMARTS) is 1. The molecule has 0 aromatic carbocycles. The molecule has 0 saturated heterocycles. The van der Waals surface area contributed by atoms with Crippen molar-refractivity contribution in [3.63, 3.8) is 0 Å². The fourth-order valence-electron chi connectivity index (χ4n) is 3.88. The highest BCUT2D eigenvalue weighted by Crippen LogP contribution is 2.32. The summed E-state index contributed by atoms with van der Waals surface area (Å²) in [6.07, 6.45) is 16.1. The number of rotatable bonds is 12. The fourth-order valence-corrected chi connectivity index (χ4v) is 3.88. The van der Waals surface area contributed by atoms with Crippen LogP contribution in [0, 0.1) is 11.8 Å². The summed E-state index contributed by atoms with van der Waals surface area (Å²) in [5, 5.41) is 12.6. The van der Waals surface area contributed by atoms with E-state index < -0.39 is 5.97 Å². The lowest BCUT2D eigenvalue weighted by atomic mass is 9.77. The highest BCUT2D eigenvalue weighted by molar-refractivity contribution is 5.85. The van der Waals surface area contributed by atoms with Crippen molar-refractivity contribution in [1.82, 2.24) is 5.32 Å². The van der Waals surface area contributed by atoms with Gasteiger partial charge >= 0.3 is 5.97 Å². The summed E-state index contributed by atoms with van der Waals surface area (Å²) in [6.45, 7) is 2.27. The second-order valence-electron chi connectivity index (χ2n) is 7.11. The van der Waals surface area contributed by atoms with Crippen LogP contribution in [0.15, 0.2) is 0 Å². The van der Waals surface area contributed by atoms with Crippen LogP contribution in [0.4, 0.5) is 0 Å². The topological polar surface area (TPSA) is 49.3 Å². The molecule has 0 aromatic heterocycles. The van der Waals surface area contributed by atoms with E-state index >= 15 is 0 Å². The zero-order valence-corrected chi connectivity index (χ0v) is 16.0. The average Bonchev–Trinajstić information content (AvgIpc) is 2.54. The van der Waals surface area contributed by atoms with Crippen LogP contribution in [0.5, 0.6) is 0 Å². The quantitative estimate of drug-likeness (QED) is 0.463. The summed E-state index contributed by atoms with van der Waals surface area (Å²) in [5.41, 5.74) is 0. The van der Waals surface area contributed by atoms with E-state index in [-0.39, 0.29) is 18.3 Å². The van der Waals surface area contributed by atoms with Gasteiger partial charge in [-0.3, -0.25) is 4.79 Å². The molecule has 138 valence electrons. The summed E-state index contributed by atoms with van der Waals surface area (Å²) >= 11 is 0. The van der Waals surface area contributed by atoms with Crippen molar-refractivity contribution in [2.45, 2.75) is 96.4 Å². The van der Waals surface area contributed by atoms with E-state index in [4.69, 9.17) is 5.11 Å². The number of hydrogen-bond donors (Lipinski definition) is 2. The van der Waals surface area contributed by atoms with Crippen LogP contribution in [0.25, 0.3) is 0 Å². The van der Waals surface area contributed by atoms with Crippen molar-refractivity contribution in [3.8, 4) is 0 Å². The Kier molecular flexibility index (Phi) is 13.9. The van der Waals surface area contributed by atoms with Crippen LogP contribution in [-0.4, -0.2) is 24.2 Å². The Balaban J connectivity index is 0.00000484. The van der Waals surface area contributed by atoms with Crippen molar-refractivity contribution in [2.24, 2.45) is 11.8 Å². The molecule has 0 radical (unpaired) electrons. The van der Waals surface area contributed by atoms with E-state index in [0.29, 0.717) is 12.0 Å². The van der Waals surface area contributed by atoms with Crippen LogP contribution < -0.4 is 5.32 Å². The number of carbonyl (C=O) groups is 1. The van der Waals surface area contributed by atoms with E-state index in [0.717, 1.165) is 25.7 Å². The molecule has 1 rings (SSSR count). The van der Waals surface area contributed by atoms with Crippen molar-refractivity contribution < 1.29 is 9.90 Å². The first-order chi connectivity index (χ1) is 10.7. The number of aliphatic carboxylic acids is 1. The first-order valence-corrected chi connectivity index (χ1v) is 9.59. The van der Waals surface area contributed by atoms with Crippen molar-refractivity contribution in [1.29, 1.82) is 0 Å². The standard InChI is InChI=1S/C19H37NO2.ClH/c1-3-4-5-6-7-8-9-10-11-18(20-2)16-12-14-17(15-13-16)19(21)22;/h16-18,20H,3-15H2,1-2H3,(H,21,22);1H. The van der Waals surface area contributed by atoms with Crippen LogP contribution >= 0.6 is 12.4 Å². The van der Waals surface area contributed by atoms with Crippen LogP contribution in [0.2, 0.25) is 0 Å². The third-order valence-electron chi connectivity index (χ3n) is 5.43. The van der Waals surface area contributed by atoms with Gasteiger partial charge in [-0.1, -0.05) is 58.3 Å². The van der Waals surface area contributed by atoms with Crippen LogP contribution in [-0.2, 0) is 4.79 Å². The van der Waals surface area contributed by atoms with Gasteiger partial charge in [0.05, 0.1) is 5.92 Å². The smallest absolute Gasteiger partial charge is 0.306 e. The number of carboxylic acids is 1. The predicted molar refractivity (Wildman–Crippen MR) is 100 cm³/mol. The fraction of sp³-hybridized carbons (Fsp3) is 0.947. The van der Waals surface area contributed by atoms with Gasteiger partial charge in [0.1, 0.15) is 0 Å². The molecule has 1 fully saturated rings. The molecular weight excluding hydrogens is 310 g/mol. The van der Waals surface area contributed by atoms with E-state index in [1.807, 2.05) is 0 Å². The molecule has 0 heterocycles. The third-order valence-corrected chi connectivity index (χ3v) is 5.43. The lowest BCUT2D eigenvalue weighted by Gasteiger charge is -2.32. The minimum atomic E-state index is -0.595. The molecule has 23 heavy (non-hydrogen) atoms. The monoisotopic (exact) mass is 347 g/mol. The van der Waals surface area contributed by atoms with Crippen molar-refractivity contribution >= 4 is 18.4 Å². The summed E-state index contributed by atoms with van der Waals surface area (Å²) in [7, 11) is 2.07. The van der Waals surface area contributed by atoms with Gasteiger partial charge in [0.2, 0.25) is 0 Å². The third kappa shape index (κ3) is 9.56. The molecule has 0 amide bonds. The zero-order chi connectivity index (χ0) is 16.2. The first kappa shape index (κ1) is 22.7. The number of nitrogens with one attached hydrogen (secondary N) is 1. The van der Waals surface area contributed by atoms with Gasteiger partial charge in [-0.2, -0.15) is 0 Å². The molecule has 4 heteroatoms. The molecule has 0 bridgehead atoms. The molecule has 0 aliphatic heterocycles. The minimum absolute atomic E-state index is 0. The summed E-state index contributed by atoms with van der Waals surface area (Å²) in [6, 6.07) is 0.592. The second kappa shape index (κ2) is 14.1. The molecular formula is C19H38ClNO2. The summed E-state index contributed by atoms with van der Waals surface area (Å²) < 4.78 is 0. The largest absolute Gasteiger partial charge is 0.481 e. The second-order valence-corrected chi connectivity index (χ2v) is 7.11. The highest BCUT2D eigenvalue weighted by atomic mass is 35.5. The summed E-state index contributed by atoms with van der Waals surface area (Å²) in [5.74, 6) is 0.00422. The van der Waals surface area contributed by atoms with Crippen molar-refractivity contribution in [3.05, 3.63) is 0 Å². The van der Waals surface area contributed by atoms with Crippen molar-refractivity contribution in [2.75, 3.05) is 7.05 Å². The lowest BCUT2D eigenvalue weighted by molar-refractivity contribution is -0.143. The number of unbranched alkanes of at least 4 members (excludes halogenated alkanes) is 7. The highest BCUT2D eigenvalue weighted by Gasteiger charge is 2.29. The number of halogens is 1. The molecule has 0 aromatic rings. The van der Waals surface area contributed by atoms with Gasteiger partial charge in [-0.25, -0.2) is 0 Å². The first-order valence-electron chi connectivity index (χ1n) is 9.59. The maximum atomic E-state index is 11.0. The molecule has 1 unspecified atom stereocenters. The zero-order valence-electron chi connectivity index (χ0n) is 15.2. The van der Waals surface area contributed by atoms with E-state index in [9.17, 15) is 4.79 Å². The van der Waals surface area contributed by atoms with Gasteiger partial charge in [0, 0.05) is 6.04 Å². The van der Waals surface area contributed by atoms with Gasteiger partial charge in [-0.05, 0) is 45.1 Å². The Morgan fingerprint density at radius 1 is 1.00 bits per heavy atom. The molecule has 3 nitrogen and oxygen atoms in total. The van der Waals surface area contributed by atoms with Gasteiger partial charge in [-0.15, -0.1) is 12.4 Å². The maximum Gasteiger partial charge on any atom is 0.306 e. The van der Waals surface area contributed by atoms with E-state index in [2.05, 4.69) is 19.3 Å². The van der Waals surface area contributed by atoms with Gasteiger partial charge in [0.25, 0.3) is 0 Å². The SMILES string of the molecule is CCCCCCCCCCC(NC)C1CCC(C(=O)O)CC1.Cl. The van der Waals surface area contributed by atoms with Crippen LogP contribution in [0.1, 0.15) is 90.4 Å². The minimum Gasteiger partial charge on any atom is -0.481 e. The summed E-state index contributed by atoms with van der Waals surface area (Å²) in [4.78, 5) is 11.0. The lowest BCUT2D eigenvalue weighted by Crippen LogP contribution is -2.36. The Labute approximate surface area is 149 Å². The van der Waals surface area contributed by atoms with E-state index in [1.54, 1.807) is 0 Å². The predicted octanol–water partition coefficient (Wildman–Crippen LogP) is 5.42. The Hall–Kier alpha value is -0.280. The van der Waals surface area contributed by atoms with Crippen LogP contribution in [0.3, 0.4) is 0 Å². The molecule has 1 saturated carbocycles. The Morgan fingerprint density at radius 3 is 2.00 bits per heavy atom. The molecule has 1 atom stereocenters. The molecule has 1 aliphatic carbocycles. The van der Waals surface area contributed by atoms with Gasteiger partial charge in [0.15, 0.2) is 0 Å². The van der Waals surface area contributed by atoms with Gasteiger partial charge < -0.3 is 10.4 Å². The molecule has 1 aliphatic rings.